The number of piperidine rings is 1. The van der Waals surface area contributed by atoms with E-state index in [9.17, 15) is 17.6 Å². The van der Waals surface area contributed by atoms with Crippen molar-refractivity contribution in [3.05, 3.63) is 71.0 Å². The smallest absolute Gasteiger partial charge is 0.251 e. The van der Waals surface area contributed by atoms with Crippen LogP contribution >= 0.6 is 11.3 Å². The van der Waals surface area contributed by atoms with Crippen molar-refractivity contribution in [2.75, 3.05) is 19.6 Å². The molecule has 1 N–H and O–H groups in total. The molecule has 3 heterocycles. The predicted octanol–water partition coefficient (Wildman–Crippen LogP) is 3.74. The van der Waals surface area contributed by atoms with Gasteiger partial charge in [0.05, 0.1) is 10.6 Å². The number of hydrogen-bond acceptors (Lipinski definition) is 6. The van der Waals surface area contributed by atoms with Gasteiger partial charge in [-0.15, -0.1) is 16.4 Å². The van der Waals surface area contributed by atoms with Crippen molar-refractivity contribution in [2.45, 2.75) is 30.6 Å². The third-order valence-corrected chi connectivity index (χ3v) is 8.75. The molecule has 11 heteroatoms. The SMILES string of the molecule is O=C(NCCc1csc2nc(-c3cccc(F)c3)nn12)c1ccc(S(=O)(=O)N2CCCCC2)cc1. The molecule has 4 aromatic rings. The first-order valence-electron chi connectivity index (χ1n) is 11.4. The van der Waals surface area contributed by atoms with Gasteiger partial charge in [-0.25, -0.2) is 17.3 Å². The Morgan fingerprint density at radius 1 is 1.09 bits per heavy atom. The van der Waals surface area contributed by atoms with Crippen LogP contribution in [-0.4, -0.2) is 52.9 Å². The van der Waals surface area contributed by atoms with Gasteiger partial charge in [0, 0.05) is 42.6 Å². The van der Waals surface area contributed by atoms with E-state index >= 15 is 0 Å². The number of halogens is 1. The van der Waals surface area contributed by atoms with Crippen molar-refractivity contribution >= 4 is 32.2 Å². The number of sulfonamides is 1. The Kier molecular flexibility index (Phi) is 6.63. The summed E-state index contributed by atoms with van der Waals surface area (Å²) in [6, 6.07) is 12.2. The first-order chi connectivity index (χ1) is 16.9. The van der Waals surface area contributed by atoms with Crippen LogP contribution in [0.3, 0.4) is 0 Å². The van der Waals surface area contributed by atoms with Gasteiger partial charge in [-0.05, 0) is 49.2 Å². The molecule has 5 rings (SSSR count). The van der Waals surface area contributed by atoms with Crippen molar-refractivity contribution in [3.63, 3.8) is 0 Å². The molecule has 0 aliphatic carbocycles. The standard InChI is InChI=1S/C24H24FN5O3S2/c25-19-6-4-5-18(15-19)22-27-24-30(28-22)20(16-34-24)11-12-26-23(31)17-7-9-21(10-8-17)35(32,33)29-13-2-1-3-14-29/h4-10,15-16H,1-3,11-14H2,(H,26,31). The molecule has 1 aliphatic heterocycles. The third kappa shape index (κ3) is 4.97. The number of aromatic nitrogens is 3. The highest BCUT2D eigenvalue weighted by atomic mass is 32.2. The predicted molar refractivity (Wildman–Crippen MR) is 131 cm³/mol. The van der Waals surface area contributed by atoms with Gasteiger partial charge in [0.15, 0.2) is 5.82 Å². The second kappa shape index (κ2) is 9.84. The molecule has 2 aromatic heterocycles. The maximum Gasteiger partial charge on any atom is 0.251 e. The van der Waals surface area contributed by atoms with Crippen LogP contribution in [0.1, 0.15) is 35.3 Å². The van der Waals surface area contributed by atoms with E-state index in [2.05, 4.69) is 15.4 Å². The summed E-state index contributed by atoms with van der Waals surface area (Å²) in [5, 5.41) is 9.28. The van der Waals surface area contributed by atoms with E-state index in [1.807, 2.05) is 5.38 Å². The summed E-state index contributed by atoms with van der Waals surface area (Å²) in [5.74, 6) is -0.181. The summed E-state index contributed by atoms with van der Waals surface area (Å²) in [4.78, 5) is 17.9. The molecule has 182 valence electrons. The number of carbonyl (C=O) groups is 1. The molecule has 0 radical (unpaired) electrons. The van der Waals surface area contributed by atoms with Crippen LogP contribution in [-0.2, 0) is 16.4 Å². The molecule has 0 spiro atoms. The molecule has 0 bridgehead atoms. The van der Waals surface area contributed by atoms with Gasteiger partial charge in [0.25, 0.3) is 5.91 Å². The molecule has 8 nitrogen and oxygen atoms in total. The Morgan fingerprint density at radius 3 is 2.60 bits per heavy atom. The van der Waals surface area contributed by atoms with Gasteiger partial charge < -0.3 is 5.32 Å². The fourth-order valence-corrected chi connectivity index (χ4v) is 6.46. The van der Waals surface area contributed by atoms with Crippen LogP contribution in [0.15, 0.2) is 58.8 Å². The summed E-state index contributed by atoms with van der Waals surface area (Å²) in [6.45, 7) is 1.44. The number of thiazole rings is 1. The highest BCUT2D eigenvalue weighted by Gasteiger charge is 2.26. The molecular formula is C24H24FN5O3S2. The zero-order valence-electron chi connectivity index (χ0n) is 18.9. The van der Waals surface area contributed by atoms with E-state index in [-0.39, 0.29) is 16.6 Å². The fraction of sp³-hybridized carbons (Fsp3) is 0.292. The van der Waals surface area contributed by atoms with Crippen LogP contribution in [0.2, 0.25) is 0 Å². The monoisotopic (exact) mass is 513 g/mol. The Balaban J connectivity index is 1.21. The second-order valence-corrected chi connectivity index (χ2v) is 11.1. The van der Waals surface area contributed by atoms with Gasteiger partial charge in [0.2, 0.25) is 15.0 Å². The molecule has 0 atom stereocenters. The van der Waals surface area contributed by atoms with E-state index in [1.165, 1.54) is 52.0 Å². The number of carbonyl (C=O) groups excluding carboxylic acids is 1. The van der Waals surface area contributed by atoms with Crippen molar-refractivity contribution in [2.24, 2.45) is 0 Å². The number of nitrogens with one attached hydrogen (secondary N) is 1. The Morgan fingerprint density at radius 2 is 1.86 bits per heavy atom. The molecule has 1 amide bonds. The molecular weight excluding hydrogens is 489 g/mol. The average molecular weight is 514 g/mol. The van der Waals surface area contributed by atoms with Crippen LogP contribution in [0, 0.1) is 5.82 Å². The first-order valence-corrected chi connectivity index (χ1v) is 13.7. The Hall–Kier alpha value is -3.15. The lowest BCUT2D eigenvalue weighted by Crippen LogP contribution is -2.35. The Labute approximate surface area is 206 Å². The second-order valence-electron chi connectivity index (χ2n) is 8.36. The van der Waals surface area contributed by atoms with Gasteiger partial charge in [0.1, 0.15) is 5.82 Å². The summed E-state index contributed by atoms with van der Waals surface area (Å²) < 4.78 is 42.3. The zero-order valence-corrected chi connectivity index (χ0v) is 20.5. The third-order valence-electron chi connectivity index (χ3n) is 5.97. The van der Waals surface area contributed by atoms with E-state index in [4.69, 9.17) is 0 Å². The lowest BCUT2D eigenvalue weighted by atomic mass is 10.2. The fourth-order valence-electron chi connectivity index (χ4n) is 4.09. The van der Waals surface area contributed by atoms with Crippen molar-refractivity contribution < 1.29 is 17.6 Å². The summed E-state index contributed by atoms with van der Waals surface area (Å²) in [5.41, 5.74) is 1.88. The van der Waals surface area contributed by atoms with Crippen LogP contribution < -0.4 is 5.32 Å². The molecule has 35 heavy (non-hydrogen) atoms. The molecule has 1 aliphatic rings. The minimum atomic E-state index is -3.53. The minimum absolute atomic E-state index is 0.205. The van der Waals surface area contributed by atoms with Gasteiger partial charge in [-0.3, -0.25) is 4.79 Å². The number of rotatable bonds is 7. The number of nitrogens with zero attached hydrogens (tertiary/aromatic N) is 4. The van der Waals surface area contributed by atoms with Gasteiger partial charge in [-0.1, -0.05) is 18.6 Å². The summed E-state index contributed by atoms with van der Waals surface area (Å²) in [6.07, 6.45) is 3.32. The highest BCUT2D eigenvalue weighted by molar-refractivity contribution is 7.89. The van der Waals surface area contributed by atoms with Crippen LogP contribution in [0.25, 0.3) is 16.3 Å². The lowest BCUT2D eigenvalue weighted by Gasteiger charge is -2.25. The molecule has 0 unspecified atom stereocenters. The van der Waals surface area contributed by atoms with Gasteiger partial charge >= 0.3 is 0 Å². The maximum atomic E-state index is 13.5. The molecule has 2 aromatic carbocycles. The van der Waals surface area contributed by atoms with E-state index in [1.54, 1.807) is 16.6 Å². The molecule has 1 saturated heterocycles. The lowest BCUT2D eigenvalue weighted by molar-refractivity contribution is 0.0954. The number of amides is 1. The van der Waals surface area contributed by atoms with E-state index in [0.717, 1.165) is 25.0 Å². The van der Waals surface area contributed by atoms with Crippen LogP contribution in [0.4, 0.5) is 4.39 Å². The minimum Gasteiger partial charge on any atom is -0.352 e. The topological polar surface area (TPSA) is 96.7 Å². The molecule has 0 saturated carbocycles. The number of hydrogen-bond donors (Lipinski definition) is 1. The van der Waals surface area contributed by atoms with Crippen molar-refractivity contribution in [3.8, 4) is 11.4 Å². The summed E-state index contributed by atoms with van der Waals surface area (Å²) >= 11 is 1.43. The summed E-state index contributed by atoms with van der Waals surface area (Å²) in [7, 11) is -3.53. The van der Waals surface area contributed by atoms with E-state index in [0.29, 0.717) is 48.0 Å². The first kappa shape index (κ1) is 23.6. The quantitative estimate of drug-likeness (QED) is 0.406. The average Bonchev–Trinajstić information content (AvgIpc) is 3.46. The van der Waals surface area contributed by atoms with Crippen molar-refractivity contribution in [1.29, 1.82) is 0 Å². The maximum absolute atomic E-state index is 13.5. The normalized spacial score (nSPS) is 14.9. The van der Waals surface area contributed by atoms with Gasteiger partial charge in [-0.2, -0.15) is 9.29 Å². The van der Waals surface area contributed by atoms with E-state index < -0.39 is 10.0 Å². The van der Waals surface area contributed by atoms with Crippen LogP contribution in [0.5, 0.6) is 0 Å². The Bertz CT molecular complexity index is 1460. The zero-order chi connectivity index (χ0) is 24.4. The van der Waals surface area contributed by atoms with Crippen molar-refractivity contribution in [1.82, 2.24) is 24.2 Å². The number of benzene rings is 2. The largest absolute Gasteiger partial charge is 0.352 e. The molecule has 1 fully saturated rings. The number of fused-ring (bicyclic) bond motifs is 1. The highest BCUT2D eigenvalue weighted by Crippen LogP contribution is 2.22.